The van der Waals surface area contributed by atoms with E-state index in [9.17, 15) is 5.26 Å². The zero-order valence-corrected chi connectivity index (χ0v) is 20.2. The van der Waals surface area contributed by atoms with Gasteiger partial charge in [0, 0.05) is 49.9 Å². The van der Waals surface area contributed by atoms with Crippen molar-refractivity contribution in [3.8, 4) is 6.07 Å². The molecule has 0 fully saturated rings. The van der Waals surface area contributed by atoms with Crippen molar-refractivity contribution in [2.24, 2.45) is 5.73 Å². The van der Waals surface area contributed by atoms with Crippen molar-refractivity contribution in [2.75, 3.05) is 19.6 Å². The van der Waals surface area contributed by atoms with E-state index in [2.05, 4.69) is 17.9 Å². The van der Waals surface area contributed by atoms with Crippen molar-refractivity contribution in [1.29, 1.82) is 5.26 Å². The minimum atomic E-state index is -0.524. The summed E-state index contributed by atoms with van der Waals surface area (Å²) >= 11 is 26.0. The second-order valence-corrected chi connectivity index (χ2v) is 9.15. The number of halogens is 4. The van der Waals surface area contributed by atoms with Crippen LogP contribution in [0.3, 0.4) is 0 Å². The number of rotatable bonds is 3. The molecule has 0 saturated carbocycles. The van der Waals surface area contributed by atoms with Crippen LogP contribution in [-0.4, -0.2) is 24.5 Å². The van der Waals surface area contributed by atoms with Crippen LogP contribution in [0.5, 0.6) is 0 Å². The topological polar surface area (TPSA) is 62.3 Å². The van der Waals surface area contributed by atoms with Gasteiger partial charge in [0.05, 0.1) is 5.92 Å². The minimum Gasteiger partial charge on any atom is -0.440 e. The third-order valence-corrected chi connectivity index (χ3v) is 6.98. The van der Waals surface area contributed by atoms with Gasteiger partial charge in [-0.1, -0.05) is 65.5 Å². The fraction of sp³-hybridized carbons (Fsp3) is 0.208. The van der Waals surface area contributed by atoms with Crippen LogP contribution in [0.25, 0.3) is 6.08 Å². The van der Waals surface area contributed by atoms with E-state index in [0.29, 0.717) is 50.1 Å². The Bertz CT molecular complexity index is 1190. The van der Waals surface area contributed by atoms with Gasteiger partial charge >= 0.3 is 0 Å². The molecule has 1 unspecified atom stereocenters. The molecule has 164 valence electrons. The molecule has 0 aliphatic carbocycles. The normalized spacial score (nSPS) is 20.2. The van der Waals surface area contributed by atoms with Crippen LogP contribution in [0.2, 0.25) is 20.1 Å². The van der Waals surface area contributed by atoms with Crippen molar-refractivity contribution in [2.45, 2.75) is 12.8 Å². The lowest BCUT2D eigenvalue weighted by Crippen LogP contribution is -2.38. The molecule has 0 saturated heterocycles. The van der Waals surface area contributed by atoms with Crippen LogP contribution in [0.4, 0.5) is 0 Å². The first-order valence-corrected chi connectivity index (χ1v) is 11.5. The molecule has 2 N–H and O–H groups in total. The van der Waals surface area contributed by atoms with Gasteiger partial charge in [0.25, 0.3) is 0 Å². The standard InChI is InChI=1S/C24H19Cl4N3O/c1-2-31-11-13(9-14-17(25)5-3-6-18(14)26)23-16(12-31)21(15(10-29)24(30)32-23)22-19(27)7-4-8-20(22)28/h3-9,21H,2,11-12,30H2,1H3/b13-9+. The van der Waals surface area contributed by atoms with E-state index in [4.69, 9.17) is 56.9 Å². The first kappa shape index (κ1) is 23.0. The van der Waals surface area contributed by atoms with Crippen molar-refractivity contribution >= 4 is 52.5 Å². The van der Waals surface area contributed by atoms with Gasteiger partial charge in [-0.2, -0.15) is 5.26 Å². The zero-order chi connectivity index (χ0) is 23.0. The van der Waals surface area contributed by atoms with Crippen LogP contribution < -0.4 is 5.73 Å². The highest BCUT2D eigenvalue weighted by molar-refractivity contribution is 6.37. The maximum atomic E-state index is 9.92. The molecule has 0 spiro atoms. The Hall–Kier alpha value is -2.13. The molecule has 4 nitrogen and oxygen atoms in total. The van der Waals surface area contributed by atoms with Gasteiger partial charge in [-0.05, 0) is 42.5 Å². The summed E-state index contributed by atoms with van der Waals surface area (Å²) in [6, 6.07) is 12.8. The first-order valence-electron chi connectivity index (χ1n) is 9.97. The summed E-state index contributed by atoms with van der Waals surface area (Å²) in [5, 5.41) is 11.9. The van der Waals surface area contributed by atoms with Gasteiger partial charge in [0.1, 0.15) is 17.4 Å². The highest BCUT2D eigenvalue weighted by Crippen LogP contribution is 2.47. The maximum Gasteiger partial charge on any atom is 0.205 e. The van der Waals surface area contributed by atoms with Gasteiger partial charge in [0.2, 0.25) is 5.88 Å². The number of ether oxygens (including phenoxy) is 1. The quantitative estimate of drug-likeness (QED) is 0.498. The smallest absolute Gasteiger partial charge is 0.205 e. The maximum absolute atomic E-state index is 9.92. The number of hydrogen-bond acceptors (Lipinski definition) is 4. The average molecular weight is 507 g/mol. The third-order valence-electron chi connectivity index (χ3n) is 5.66. The molecular formula is C24H19Cl4N3O. The van der Waals surface area contributed by atoms with Crippen LogP contribution in [0, 0.1) is 11.3 Å². The van der Waals surface area contributed by atoms with Gasteiger partial charge in [-0.15, -0.1) is 0 Å². The van der Waals surface area contributed by atoms with E-state index in [0.717, 1.165) is 17.7 Å². The third kappa shape index (κ3) is 4.12. The summed E-state index contributed by atoms with van der Waals surface area (Å²) in [5.41, 5.74) is 9.57. The summed E-state index contributed by atoms with van der Waals surface area (Å²) in [6.07, 6.45) is 1.91. The number of benzene rings is 2. The molecule has 2 heterocycles. The lowest BCUT2D eigenvalue weighted by molar-refractivity contribution is 0.239. The van der Waals surface area contributed by atoms with Crippen molar-refractivity contribution < 1.29 is 4.74 Å². The number of nitrogens with two attached hydrogens (primary N) is 1. The van der Waals surface area contributed by atoms with E-state index < -0.39 is 5.92 Å². The van der Waals surface area contributed by atoms with E-state index >= 15 is 0 Å². The van der Waals surface area contributed by atoms with E-state index in [1.807, 2.05) is 6.08 Å². The van der Waals surface area contributed by atoms with Crippen molar-refractivity contribution in [3.05, 3.63) is 96.0 Å². The van der Waals surface area contributed by atoms with Crippen LogP contribution in [0.1, 0.15) is 24.0 Å². The Morgan fingerprint density at radius 1 is 1.06 bits per heavy atom. The highest BCUT2D eigenvalue weighted by atomic mass is 35.5. The van der Waals surface area contributed by atoms with Gasteiger partial charge in [-0.3, -0.25) is 4.90 Å². The Labute approximate surface area is 207 Å². The first-order chi connectivity index (χ1) is 15.3. The fourth-order valence-corrected chi connectivity index (χ4v) is 5.23. The Kier molecular flexibility index (Phi) is 6.76. The molecule has 2 aliphatic rings. The van der Waals surface area contributed by atoms with Gasteiger partial charge in [0.15, 0.2) is 0 Å². The lowest BCUT2D eigenvalue weighted by Gasteiger charge is -2.38. The van der Waals surface area contributed by atoms with Crippen molar-refractivity contribution in [1.82, 2.24) is 4.90 Å². The summed E-state index contributed by atoms with van der Waals surface area (Å²) in [7, 11) is 0. The summed E-state index contributed by atoms with van der Waals surface area (Å²) in [4.78, 5) is 2.23. The molecule has 4 rings (SSSR count). The monoisotopic (exact) mass is 505 g/mol. The predicted octanol–water partition coefficient (Wildman–Crippen LogP) is 6.78. The predicted molar refractivity (Wildman–Crippen MR) is 131 cm³/mol. The molecule has 0 amide bonds. The number of nitrogens with zero attached hydrogens (tertiary/aromatic N) is 2. The lowest BCUT2D eigenvalue weighted by atomic mass is 9.80. The Balaban J connectivity index is 1.97. The molecule has 2 aromatic rings. The van der Waals surface area contributed by atoms with E-state index in [-0.39, 0.29) is 11.5 Å². The largest absolute Gasteiger partial charge is 0.440 e. The molecule has 2 aliphatic heterocycles. The van der Waals surface area contributed by atoms with E-state index in [1.165, 1.54) is 0 Å². The van der Waals surface area contributed by atoms with E-state index in [1.54, 1.807) is 36.4 Å². The molecule has 0 bridgehead atoms. The van der Waals surface area contributed by atoms with Gasteiger partial charge < -0.3 is 10.5 Å². The average Bonchev–Trinajstić information content (AvgIpc) is 2.76. The number of hydrogen-bond donors (Lipinski definition) is 1. The second-order valence-electron chi connectivity index (χ2n) is 7.52. The molecule has 1 atom stereocenters. The molecule has 0 aromatic heterocycles. The molecule has 8 heteroatoms. The Morgan fingerprint density at radius 2 is 1.66 bits per heavy atom. The minimum absolute atomic E-state index is 0.0355. The number of allylic oxidation sites excluding steroid dienone is 1. The van der Waals surface area contributed by atoms with Crippen LogP contribution >= 0.6 is 46.4 Å². The molecule has 0 radical (unpaired) electrons. The fourth-order valence-electron chi connectivity index (χ4n) is 4.10. The summed E-state index contributed by atoms with van der Waals surface area (Å²) in [5.74, 6) is 0.112. The highest BCUT2D eigenvalue weighted by Gasteiger charge is 2.39. The molecule has 32 heavy (non-hydrogen) atoms. The molecule has 2 aromatic carbocycles. The summed E-state index contributed by atoms with van der Waals surface area (Å²) < 4.78 is 6.03. The summed E-state index contributed by atoms with van der Waals surface area (Å²) in [6.45, 7) is 4.04. The molecular weight excluding hydrogens is 488 g/mol. The van der Waals surface area contributed by atoms with Crippen LogP contribution in [-0.2, 0) is 4.74 Å². The van der Waals surface area contributed by atoms with Crippen LogP contribution in [0.15, 0.2) is 64.8 Å². The SMILES string of the molecule is CCN1CC2=C(OC(N)=C(C#N)C2c2c(Cl)cccc2Cl)/C(=C/c2c(Cl)cccc2Cl)C1. The van der Waals surface area contributed by atoms with Gasteiger partial charge in [-0.25, -0.2) is 0 Å². The second kappa shape index (κ2) is 9.39. The Morgan fingerprint density at radius 3 is 2.22 bits per heavy atom. The van der Waals surface area contributed by atoms with Crippen molar-refractivity contribution in [3.63, 3.8) is 0 Å². The number of likely N-dealkylation sites (N-methyl/N-ethyl adjacent to an activating group) is 1. The zero-order valence-electron chi connectivity index (χ0n) is 17.1. The number of nitriles is 1.